The van der Waals surface area contributed by atoms with Gasteiger partial charge in [-0.15, -0.1) is 0 Å². The molecule has 0 amide bonds. The lowest BCUT2D eigenvalue weighted by atomic mass is 9.86. The Bertz CT molecular complexity index is 1570. The molecule has 2 aromatic carbocycles. The van der Waals surface area contributed by atoms with Crippen LogP contribution in [-0.4, -0.2) is 35.9 Å². The number of benzene rings is 2. The van der Waals surface area contributed by atoms with E-state index in [9.17, 15) is 21.4 Å². The highest BCUT2D eigenvalue weighted by Crippen LogP contribution is 2.49. The first-order chi connectivity index (χ1) is 19.6. The third kappa shape index (κ3) is 6.80. The van der Waals surface area contributed by atoms with Crippen molar-refractivity contribution < 1.29 is 34.6 Å². The molecule has 1 N–H and O–H groups in total. The molecular formula is C30H38F4N2O4S2Si. The molecule has 6 nitrogen and oxygen atoms in total. The van der Waals surface area contributed by atoms with E-state index in [4.69, 9.17) is 4.43 Å². The van der Waals surface area contributed by atoms with Gasteiger partial charge in [-0.05, 0) is 80.4 Å². The molecule has 0 saturated heterocycles. The molecule has 0 aliphatic carbocycles. The summed E-state index contributed by atoms with van der Waals surface area (Å²) in [6.45, 7) is 14.9. The molecule has 0 bridgehead atoms. The number of rotatable bonds is 10. The van der Waals surface area contributed by atoms with Gasteiger partial charge in [-0.2, -0.15) is 8.78 Å². The van der Waals surface area contributed by atoms with Crippen molar-refractivity contribution >= 4 is 29.1 Å². The molecular weight excluding hydrogens is 621 g/mol. The molecule has 2 atom stereocenters. The number of pyridine rings is 1. The van der Waals surface area contributed by atoms with Crippen LogP contribution in [0.25, 0.3) is 0 Å². The van der Waals surface area contributed by atoms with E-state index < -0.39 is 72.5 Å². The van der Waals surface area contributed by atoms with E-state index in [1.165, 1.54) is 51.2 Å². The maximum Gasteiger partial charge on any atom is 0.378 e. The number of alkyl halides is 2. The van der Waals surface area contributed by atoms with Crippen LogP contribution in [0.1, 0.15) is 58.4 Å². The molecule has 1 aromatic heterocycles. The topological polar surface area (TPSA) is 85.4 Å². The van der Waals surface area contributed by atoms with Gasteiger partial charge in [0.1, 0.15) is 0 Å². The Balaban J connectivity index is 2.34. The average Bonchev–Trinajstić information content (AvgIpc) is 2.91. The normalized spacial score (nSPS) is 15.6. The summed E-state index contributed by atoms with van der Waals surface area (Å²) in [6.07, 6.45) is 1.25. The summed E-state index contributed by atoms with van der Waals surface area (Å²) in [7, 11) is -10.1. The molecule has 1 heterocycles. The van der Waals surface area contributed by atoms with E-state index in [1.54, 1.807) is 0 Å². The third-order valence-corrected chi connectivity index (χ3v) is 15.6. The highest BCUT2D eigenvalue weighted by atomic mass is 32.2. The lowest BCUT2D eigenvalue weighted by molar-refractivity contribution is 0.0129. The monoisotopic (exact) mass is 658 g/mol. The number of aromatic nitrogens is 1. The first-order valence-electron chi connectivity index (χ1n) is 13.5. The van der Waals surface area contributed by atoms with Crippen LogP contribution in [-0.2, 0) is 37.4 Å². The van der Waals surface area contributed by atoms with Gasteiger partial charge in [-0.1, -0.05) is 51.1 Å². The third-order valence-electron chi connectivity index (χ3n) is 7.60. The summed E-state index contributed by atoms with van der Waals surface area (Å²) < 4.78 is 111. The van der Waals surface area contributed by atoms with Crippen molar-refractivity contribution in [2.45, 2.75) is 86.7 Å². The molecule has 0 radical (unpaired) electrons. The minimum absolute atomic E-state index is 0.100. The van der Waals surface area contributed by atoms with Crippen LogP contribution in [0.3, 0.4) is 0 Å². The highest BCUT2D eigenvalue weighted by molar-refractivity contribution is 7.92. The van der Waals surface area contributed by atoms with Gasteiger partial charge in [-0.25, -0.2) is 26.1 Å². The first kappa shape index (κ1) is 35.0. The van der Waals surface area contributed by atoms with Gasteiger partial charge in [-0.3, -0.25) is 4.98 Å². The fourth-order valence-electron chi connectivity index (χ4n) is 3.82. The summed E-state index contributed by atoms with van der Waals surface area (Å²) in [4.78, 5) is 3.50. The molecule has 3 aromatic rings. The molecule has 3 rings (SSSR count). The number of hydrogen-bond acceptors (Lipinski definition) is 5. The lowest BCUT2D eigenvalue weighted by Crippen LogP contribution is -2.62. The van der Waals surface area contributed by atoms with Crippen LogP contribution in [0.2, 0.25) is 18.1 Å². The van der Waals surface area contributed by atoms with Crippen molar-refractivity contribution in [2.75, 3.05) is 0 Å². The lowest BCUT2D eigenvalue weighted by Gasteiger charge is -2.41. The van der Waals surface area contributed by atoms with Gasteiger partial charge in [0.2, 0.25) is 9.84 Å². The van der Waals surface area contributed by atoms with Crippen molar-refractivity contribution in [3.05, 3.63) is 95.3 Å². The largest absolute Gasteiger partial charge is 0.413 e. The van der Waals surface area contributed by atoms with Crippen LogP contribution in [0.5, 0.6) is 0 Å². The molecule has 0 saturated carbocycles. The quantitative estimate of drug-likeness (QED) is 0.183. The van der Waals surface area contributed by atoms with Crippen LogP contribution in [0, 0.1) is 11.6 Å². The molecule has 0 unspecified atom stereocenters. The smallest absolute Gasteiger partial charge is 0.378 e. The Kier molecular flexibility index (Phi) is 9.90. The summed E-state index contributed by atoms with van der Waals surface area (Å²) in [5.74, 6) is -2.84. The van der Waals surface area contributed by atoms with Crippen molar-refractivity contribution in [3.8, 4) is 0 Å². The fraction of sp³-hybridized carbons (Fsp3) is 0.433. The molecule has 0 aliphatic rings. The SMILES string of the molecule is CC(C)(C)[S@](=O)N[C@](c1ccc(F)c(F)c1)(c1ccc(CO[Si](C)(C)C(C)(C)C)cn1)C(F)(F)S(=O)(=O)c1ccccc1. The van der Waals surface area contributed by atoms with Crippen molar-refractivity contribution in [1.29, 1.82) is 0 Å². The van der Waals surface area contributed by atoms with Crippen molar-refractivity contribution in [3.63, 3.8) is 0 Å². The van der Waals surface area contributed by atoms with E-state index in [2.05, 4.69) is 30.5 Å². The zero-order valence-corrected chi connectivity index (χ0v) is 28.1. The van der Waals surface area contributed by atoms with E-state index >= 15 is 8.78 Å². The first-order valence-corrected chi connectivity index (χ1v) is 19.0. The average molecular weight is 659 g/mol. The molecule has 0 aliphatic heterocycles. The molecule has 43 heavy (non-hydrogen) atoms. The van der Waals surface area contributed by atoms with Crippen molar-refractivity contribution in [2.24, 2.45) is 0 Å². The van der Waals surface area contributed by atoms with Gasteiger partial charge in [0.15, 0.2) is 25.5 Å². The van der Waals surface area contributed by atoms with E-state index in [1.807, 2.05) is 13.1 Å². The van der Waals surface area contributed by atoms with Crippen LogP contribution < -0.4 is 4.72 Å². The number of nitrogens with zero attached hydrogens (tertiary/aromatic N) is 1. The molecule has 0 fully saturated rings. The summed E-state index contributed by atoms with van der Waals surface area (Å²) in [5.41, 5.74) is -3.98. The Hall–Kier alpha value is -2.45. The number of nitrogens with one attached hydrogen (secondary N) is 1. The Morgan fingerprint density at radius 1 is 0.907 bits per heavy atom. The predicted molar refractivity (Wildman–Crippen MR) is 163 cm³/mol. The van der Waals surface area contributed by atoms with Crippen molar-refractivity contribution in [1.82, 2.24) is 9.71 Å². The minimum atomic E-state index is -5.57. The number of hydrogen-bond donors (Lipinski definition) is 1. The fourth-order valence-corrected chi connectivity index (χ4v) is 7.27. The predicted octanol–water partition coefficient (Wildman–Crippen LogP) is 7.24. The standard InChI is InChI=1S/C30H38F4N2O4S2Si/c1-27(2,3)41(37)36-29(22-15-16-24(31)25(32)18-22,30(33,34)42(38,39)23-12-10-9-11-13-23)26-17-14-21(19-35-26)20-40-43(7,8)28(4,5)6/h9-19,36H,20H2,1-8H3/t29-,41+/m1/s1. The number of sulfone groups is 1. The molecule has 13 heteroatoms. The zero-order chi connectivity index (χ0) is 32.6. The van der Waals surface area contributed by atoms with Crippen LogP contribution >= 0.6 is 0 Å². The molecule has 0 spiro atoms. The second-order valence-electron chi connectivity index (χ2n) is 12.8. The van der Waals surface area contributed by atoms with E-state index in [0.717, 1.165) is 24.3 Å². The van der Waals surface area contributed by atoms with Gasteiger partial charge < -0.3 is 4.43 Å². The van der Waals surface area contributed by atoms with Gasteiger partial charge in [0.05, 0.1) is 32.9 Å². The Morgan fingerprint density at radius 3 is 2.00 bits per heavy atom. The van der Waals surface area contributed by atoms with Gasteiger partial charge in [0.25, 0.3) is 0 Å². The van der Waals surface area contributed by atoms with E-state index in [-0.39, 0.29) is 11.6 Å². The maximum atomic E-state index is 17.0. The Morgan fingerprint density at radius 2 is 1.51 bits per heavy atom. The summed E-state index contributed by atoms with van der Waals surface area (Å²) >= 11 is 0. The summed E-state index contributed by atoms with van der Waals surface area (Å²) in [5, 5.41) is -4.93. The summed E-state index contributed by atoms with van der Waals surface area (Å²) in [6, 6.07) is 10.5. The second kappa shape index (κ2) is 12.1. The highest BCUT2D eigenvalue weighted by Gasteiger charge is 2.67. The van der Waals surface area contributed by atoms with Crippen LogP contribution in [0.15, 0.2) is 71.8 Å². The van der Waals surface area contributed by atoms with Gasteiger partial charge >= 0.3 is 5.25 Å². The van der Waals surface area contributed by atoms with E-state index in [0.29, 0.717) is 17.7 Å². The maximum absolute atomic E-state index is 17.0. The minimum Gasteiger partial charge on any atom is -0.413 e. The Labute approximate surface area is 254 Å². The van der Waals surface area contributed by atoms with Crippen LogP contribution in [0.4, 0.5) is 17.6 Å². The number of halogens is 4. The second-order valence-corrected chi connectivity index (χ2v) is 21.6. The molecule has 236 valence electrons. The van der Waals surface area contributed by atoms with Gasteiger partial charge in [0, 0.05) is 6.20 Å². The zero-order valence-electron chi connectivity index (χ0n) is 25.5.